The van der Waals surface area contributed by atoms with E-state index < -0.39 is 11.8 Å². The second-order valence-electron chi connectivity index (χ2n) is 7.09. The third-order valence-corrected chi connectivity index (χ3v) is 4.98. The predicted octanol–water partition coefficient (Wildman–Crippen LogP) is 3.44. The lowest BCUT2D eigenvalue weighted by Crippen LogP contribution is -2.42. The Morgan fingerprint density at radius 1 is 0.844 bits per heavy atom. The van der Waals surface area contributed by atoms with Crippen molar-refractivity contribution in [2.24, 2.45) is 0 Å². The first-order valence-electron chi connectivity index (χ1n) is 9.93. The number of benzene rings is 2. The van der Waals surface area contributed by atoms with E-state index in [9.17, 15) is 9.59 Å². The lowest BCUT2D eigenvalue weighted by molar-refractivity contribution is -0.121. The fraction of sp³-hybridized carbons (Fsp3) is 0.0417. The van der Waals surface area contributed by atoms with Gasteiger partial charge in [0.1, 0.15) is 5.69 Å². The van der Waals surface area contributed by atoms with Gasteiger partial charge in [-0.3, -0.25) is 25.4 Å². The van der Waals surface area contributed by atoms with Gasteiger partial charge in [-0.1, -0.05) is 41.6 Å². The molecular formula is C24H17N5O3. The van der Waals surface area contributed by atoms with Crippen molar-refractivity contribution in [3.8, 4) is 11.4 Å². The molecule has 0 fully saturated rings. The topological polar surface area (TPSA) is 110 Å². The molecule has 2 N–H and O–H groups in total. The SMILES string of the molecule is O=C(Cc1noc2ccccc12)NNC(=O)c1cc(-c2ccccn2)nc2ccccc12. The smallest absolute Gasteiger partial charge is 0.270 e. The van der Waals surface area contributed by atoms with Crippen LogP contribution >= 0.6 is 0 Å². The summed E-state index contributed by atoms with van der Waals surface area (Å²) in [7, 11) is 0. The van der Waals surface area contributed by atoms with Crippen LogP contribution in [0.5, 0.6) is 0 Å². The quantitative estimate of drug-likeness (QED) is 0.429. The lowest BCUT2D eigenvalue weighted by Gasteiger charge is -2.11. The van der Waals surface area contributed by atoms with Crippen molar-refractivity contribution >= 4 is 33.7 Å². The lowest BCUT2D eigenvalue weighted by atomic mass is 10.1. The van der Waals surface area contributed by atoms with Gasteiger partial charge in [0, 0.05) is 17.0 Å². The van der Waals surface area contributed by atoms with Crippen LogP contribution in [0.4, 0.5) is 0 Å². The number of hydrogen-bond donors (Lipinski definition) is 2. The first kappa shape index (κ1) is 19.4. The van der Waals surface area contributed by atoms with Crippen LogP contribution in [0.1, 0.15) is 16.1 Å². The second kappa shape index (κ2) is 8.27. The Balaban J connectivity index is 1.37. The molecular weight excluding hydrogens is 406 g/mol. The van der Waals surface area contributed by atoms with E-state index in [-0.39, 0.29) is 6.42 Å². The number of hydrogen-bond acceptors (Lipinski definition) is 6. The van der Waals surface area contributed by atoms with Crippen molar-refractivity contribution in [1.82, 2.24) is 26.0 Å². The highest BCUT2D eigenvalue weighted by Gasteiger charge is 2.16. The molecule has 3 aromatic heterocycles. The summed E-state index contributed by atoms with van der Waals surface area (Å²) in [4.78, 5) is 34.3. The van der Waals surface area contributed by atoms with Crippen molar-refractivity contribution < 1.29 is 14.1 Å². The van der Waals surface area contributed by atoms with E-state index in [1.807, 2.05) is 60.7 Å². The molecule has 0 aliphatic rings. The Morgan fingerprint density at radius 2 is 1.62 bits per heavy atom. The molecule has 5 aromatic rings. The number of aromatic nitrogens is 3. The number of rotatable bonds is 4. The molecule has 0 radical (unpaired) electrons. The zero-order valence-corrected chi connectivity index (χ0v) is 16.8. The minimum absolute atomic E-state index is 0.0342. The molecule has 32 heavy (non-hydrogen) atoms. The summed E-state index contributed by atoms with van der Waals surface area (Å²) in [6.45, 7) is 0. The molecule has 8 nitrogen and oxygen atoms in total. The van der Waals surface area contributed by atoms with Crippen LogP contribution in [-0.2, 0) is 11.2 Å². The number of nitrogens with one attached hydrogen (secondary N) is 2. The van der Waals surface area contributed by atoms with Crippen molar-refractivity contribution in [1.29, 1.82) is 0 Å². The van der Waals surface area contributed by atoms with Gasteiger partial charge in [-0.2, -0.15) is 0 Å². The van der Waals surface area contributed by atoms with E-state index >= 15 is 0 Å². The highest BCUT2D eigenvalue weighted by Crippen LogP contribution is 2.23. The average molecular weight is 423 g/mol. The van der Waals surface area contributed by atoms with Crippen molar-refractivity contribution in [2.75, 3.05) is 0 Å². The maximum atomic E-state index is 13.0. The van der Waals surface area contributed by atoms with Gasteiger partial charge in [-0.25, -0.2) is 4.98 Å². The van der Waals surface area contributed by atoms with Crippen LogP contribution in [0.2, 0.25) is 0 Å². The third kappa shape index (κ3) is 3.77. The molecule has 0 spiro atoms. The normalized spacial score (nSPS) is 10.9. The van der Waals surface area contributed by atoms with Gasteiger partial charge in [0.2, 0.25) is 5.91 Å². The van der Waals surface area contributed by atoms with Crippen LogP contribution in [0, 0.1) is 0 Å². The third-order valence-electron chi connectivity index (χ3n) is 4.98. The molecule has 8 heteroatoms. The summed E-state index contributed by atoms with van der Waals surface area (Å²) in [5, 5.41) is 5.37. The number of para-hydroxylation sites is 2. The zero-order chi connectivity index (χ0) is 21.9. The van der Waals surface area contributed by atoms with E-state index in [1.165, 1.54) is 0 Å². The van der Waals surface area contributed by atoms with Gasteiger partial charge in [0.25, 0.3) is 5.91 Å². The van der Waals surface area contributed by atoms with Crippen LogP contribution in [-0.4, -0.2) is 26.9 Å². The minimum atomic E-state index is -0.459. The highest BCUT2D eigenvalue weighted by molar-refractivity contribution is 6.07. The first-order valence-corrected chi connectivity index (χ1v) is 9.93. The van der Waals surface area contributed by atoms with E-state index in [2.05, 4.69) is 26.0 Å². The average Bonchev–Trinajstić information content (AvgIpc) is 3.25. The molecule has 3 heterocycles. The molecule has 2 amide bonds. The molecule has 0 aliphatic carbocycles. The maximum absolute atomic E-state index is 13.0. The van der Waals surface area contributed by atoms with Crippen LogP contribution in [0.25, 0.3) is 33.3 Å². The minimum Gasteiger partial charge on any atom is -0.356 e. The van der Waals surface area contributed by atoms with Gasteiger partial charge < -0.3 is 4.52 Å². The highest BCUT2D eigenvalue weighted by atomic mass is 16.5. The number of pyridine rings is 2. The summed E-state index contributed by atoms with van der Waals surface area (Å²) >= 11 is 0. The van der Waals surface area contributed by atoms with Gasteiger partial charge in [-0.15, -0.1) is 0 Å². The predicted molar refractivity (Wildman–Crippen MR) is 118 cm³/mol. The second-order valence-corrected chi connectivity index (χ2v) is 7.09. The Kier molecular flexibility index (Phi) is 5.01. The van der Waals surface area contributed by atoms with E-state index in [4.69, 9.17) is 4.52 Å². The number of amides is 2. The Hall–Kier alpha value is -4.59. The van der Waals surface area contributed by atoms with Crippen LogP contribution < -0.4 is 10.9 Å². The van der Waals surface area contributed by atoms with Crippen LogP contribution in [0.3, 0.4) is 0 Å². The number of carbonyl (C=O) groups is 2. The molecule has 5 rings (SSSR count). The monoisotopic (exact) mass is 423 g/mol. The number of fused-ring (bicyclic) bond motifs is 2. The molecule has 156 valence electrons. The fourth-order valence-electron chi connectivity index (χ4n) is 3.46. The maximum Gasteiger partial charge on any atom is 0.270 e. The Morgan fingerprint density at radius 3 is 2.47 bits per heavy atom. The van der Waals surface area contributed by atoms with Crippen molar-refractivity contribution in [3.05, 3.63) is 90.3 Å². The number of carbonyl (C=O) groups excluding carboxylic acids is 2. The van der Waals surface area contributed by atoms with Crippen molar-refractivity contribution in [2.45, 2.75) is 6.42 Å². The standard InChI is InChI=1S/C24H17N5O3/c30-23(14-20-16-8-2-4-11-22(16)32-29-20)27-28-24(31)17-13-21(19-10-5-6-12-25-19)26-18-9-3-1-7-15(17)18/h1-13H,14H2,(H,27,30)(H,28,31). The summed E-state index contributed by atoms with van der Waals surface area (Å²) in [5.74, 6) is -0.875. The van der Waals surface area contributed by atoms with Crippen LogP contribution in [0.15, 0.2) is 83.5 Å². The Labute approximate surface area is 182 Å². The fourth-order valence-corrected chi connectivity index (χ4v) is 3.46. The summed E-state index contributed by atoms with van der Waals surface area (Å²) in [6, 6.07) is 21.7. The summed E-state index contributed by atoms with van der Waals surface area (Å²) in [5.41, 5.74) is 8.28. The molecule has 0 saturated heterocycles. The zero-order valence-electron chi connectivity index (χ0n) is 16.8. The largest absolute Gasteiger partial charge is 0.356 e. The summed E-state index contributed by atoms with van der Waals surface area (Å²) in [6.07, 6.45) is 1.63. The van der Waals surface area contributed by atoms with E-state index in [0.29, 0.717) is 39.1 Å². The molecule has 0 bridgehead atoms. The van der Waals surface area contributed by atoms with Gasteiger partial charge in [0.05, 0.1) is 28.9 Å². The molecule has 0 atom stereocenters. The number of hydrazine groups is 1. The molecule has 0 aliphatic heterocycles. The van der Waals surface area contributed by atoms with E-state index in [1.54, 1.807) is 18.3 Å². The van der Waals surface area contributed by atoms with Gasteiger partial charge >= 0.3 is 0 Å². The van der Waals surface area contributed by atoms with Gasteiger partial charge in [-0.05, 0) is 36.4 Å². The Bertz CT molecular complexity index is 1450. The molecule has 0 saturated carbocycles. The van der Waals surface area contributed by atoms with Gasteiger partial charge in [0.15, 0.2) is 5.58 Å². The first-order chi connectivity index (χ1) is 15.7. The van der Waals surface area contributed by atoms with E-state index in [0.717, 1.165) is 5.39 Å². The van der Waals surface area contributed by atoms with Crippen molar-refractivity contribution in [3.63, 3.8) is 0 Å². The molecule has 0 unspecified atom stereocenters. The number of nitrogens with zero attached hydrogens (tertiary/aromatic N) is 3. The molecule has 2 aromatic carbocycles. The summed E-state index contributed by atoms with van der Waals surface area (Å²) < 4.78 is 5.22.